The monoisotopic (exact) mass is 577 g/mol. The van der Waals surface area contributed by atoms with E-state index in [-0.39, 0.29) is 12.4 Å². The number of hydrogen-bond donors (Lipinski definition) is 2. The Morgan fingerprint density at radius 3 is 2.61 bits per heavy atom. The van der Waals surface area contributed by atoms with E-state index < -0.39 is 27.2 Å². The van der Waals surface area contributed by atoms with Gasteiger partial charge in [-0.15, -0.1) is 0 Å². The number of halogens is 3. The number of ether oxygens (including phenoxy) is 1. The minimum absolute atomic E-state index is 0.201. The van der Waals surface area contributed by atoms with E-state index in [9.17, 15) is 4.21 Å². The highest BCUT2D eigenvalue weighted by molar-refractivity contribution is 7.92. The van der Waals surface area contributed by atoms with Crippen molar-refractivity contribution in [1.29, 1.82) is 0 Å². The highest BCUT2D eigenvalue weighted by Crippen LogP contribution is 2.36. The van der Waals surface area contributed by atoms with Crippen molar-refractivity contribution in [3.8, 4) is 17.0 Å². The van der Waals surface area contributed by atoms with Crippen LogP contribution in [0.15, 0.2) is 47.2 Å². The molecular weight excluding hydrogens is 552 g/mol. The molecule has 0 amide bonds. The van der Waals surface area contributed by atoms with E-state index in [1.165, 1.54) is 18.5 Å². The summed E-state index contributed by atoms with van der Waals surface area (Å²) in [6.45, 7) is 2.82. The van der Waals surface area contributed by atoms with Crippen LogP contribution in [0, 0.1) is 5.82 Å². The molecule has 0 spiro atoms. The molecule has 4 aromatic rings. The second kappa shape index (κ2) is 9.96. The van der Waals surface area contributed by atoms with Gasteiger partial charge < -0.3 is 15.4 Å². The third-order valence-corrected chi connectivity index (χ3v) is 7.59. The molecule has 0 unspecified atom stereocenters. The van der Waals surface area contributed by atoms with Crippen molar-refractivity contribution in [2.75, 3.05) is 37.0 Å². The van der Waals surface area contributed by atoms with Gasteiger partial charge in [0.15, 0.2) is 11.6 Å². The molecule has 13 heteroatoms. The summed E-state index contributed by atoms with van der Waals surface area (Å²) in [7, 11) is -2.25. The van der Waals surface area contributed by atoms with Crippen LogP contribution in [0.5, 0.6) is 5.75 Å². The number of fused-ring (bicyclic) bond motifs is 1. The van der Waals surface area contributed by atoms with Crippen molar-refractivity contribution in [2.24, 2.45) is 10.1 Å². The van der Waals surface area contributed by atoms with Crippen LogP contribution in [0.4, 0.5) is 10.2 Å². The number of aromatic amines is 1. The van der Waals surface area contributed by atoms with Crippen molar-refractivity contribution in [2.45, 2.75) is 18.6 Å². The molecule has 5 rings (SSSR count). The molecule has 1 aliphatic rings. The molecule has 9 nitrogen and oxygen atoms in total. The molecular formula is C25H26Cl2FN7O2S. The normalized spacial score (nSPS) is 15.8. The van der Waals surface area contributed by atoms with Gasteiger partial charge in [0.25, 0.3) is 0 Å². The second-order valence-electron chi connectivity index (χ2n) is 9.77. The molecule has 4 heterocycles. The molecule has 38 heavy (non-hydrogen) atoms. The Balaban J connectivity index is 1.36. The molecule has 1 aromatic carbocycles. The van der Waals surface area contributed by atoms with Gasteiger partial charge >= 0.3 is 0 Å². The van der Waals surface area contributed by atoms with Gasteiger partial charge in [-0.05, 0) is 31.2 Å². The van der Waals surface area contributed by atoms with Crippen LogP contribution in [0.1, 0.15) is 18.6 Å². The average molecular weight is 579 g/mol. The number of benzene rings is 1. The number of aromatic nitrogens is 4. The Hall–Kier alpha value is -2.99. The fourth-order valence-electron chi connectivity index (χ4n) is 4.40. The maximum Gasteiger partial charge on any atom is 0.166 e. The fourth-order valence-corrected chi connectivity index (χ4v) is 5.64. The molecule has 3 N–H and O–H groups in total. The van der Waals surface area contributed by atoms with Crippen LogP contribution >= 0.6 is 23.2 Å². The van der Waals surface area contributed by atoms with Gasteiger partial charge in [-0.3, -0.25) is 14.3 Å². The van der Waals surface area contributed by atoms with Gasteiger partial charge in [0.1, 0.15) is 17.5 Å². The van der Waals surface area contributed by atoms with Gasteiger partial charge in [0.2, 0.25) is 0 Å². The van der Waals surface area contributed by atoms with Crippen LogP contribution in [-0.2, 0) is 9.73 Å². The predicted molar refractivity (Wildman–Crippen MR) is 149 cm³/mol. The lowest BCUT2D eigenvalue weighted by molar-refractivity contribution is 0.227. The SMILES string of the molecule is C[C@@H](Oc1ccc2[nH]nc(-c3cnc(N4CC(N)(CN=S(C)(C)=O)C4)c(F)c3)c2c1)c1c(Cl)cncc1Cl. The van der Waals surface area contributed by atoms with E-state index in [0.717, 1.165) is 10.9 Å². The van der Waals surface area contributed by atoms with Crippen LogP contribution in [0.3, 0.4) is 0 Å². The van der Waals surface area contributed by atoms with E-state index in [0.29, 0.717) is 45.7 Å². The van der Waals surface area contributed by atoms with E-state index in [1.807, 2.05) is 19.1 Å². The first-order valence-corrected chi connectivity index (χ1v) is 14.8. The number of nitrogens with zero attached hydrogens (tertiary/aromatic N) is 5. The summed E-state index contributed by atoms with van der Waals surface area (Å²) < 4.78 is 37.3. The number of anilines is 1. The minimum atomic E-state index is -2.25. The maximum atomic E-state index is 15.1. The van der Waals surface area contributed by atoms with Crippen LogP contribution in [-0.4, -0.2) is 62.1 Å². The quantitative estimate of drug-likeness (QED) is 0.322. The summed E-state index contributed by atoms with van der Waals surface area (Å²) >= 11 is 12.6. The lowest BCUT2D eigenvalue weighted by Crippen LogP contribution is -2.69. The fraction of sp³-hybridized carbons (Fsp3) is 0.320. The Kier molecular flexibility index (Phi) is 6.97. The first-order valence-electron chi connectivity index (χ1n) is 11.7. The predicted octanol–water partition coefficient (Wildman–Crippen LogP) is 4.85. The topological polar surface area (TPSA) is 122 Å². The van der Waals surface area contributed by atoms with Gasteiger partial charge in [0, 0.05) is 70.4 Å². The first-order chi connectivity index (χ1) is 17.9. The molecule has 0 bridgehead atoms. The summed E-state index contributed by atoms with van der Waals surface area (Å²) in [4.78, 5) is 10.1. The van der Waals surface area contributed by atoms with Crippen molar-refractivity contribution in [1.82, 2.24) is 20.2 Å². The summed E-state index contributed by atoms with van der Waals surface area (Å²) in [6.07, 6.45) is 7.29. The van der Waals surface area contributed by atoms with E-state index in [2.05, 4.69) is 24.5 Å². The molecule has 1 fully saturated rings. The van der Waals surface area contributed by atoms with Crippen LogP contribution < -0.4 is 15.4 Å². The summed E-state index contributed by atoms with van der Waals surface area (Å²) in [6, 6.07) is 6.85. The largest absolute Gasteiger partial charge is 0.486 e. The van der Waals surface area contributed by atoms with Crippen LogP contribution in [0.25, 0.3) is 22.2 Å². The van der Waals surface area contributed by atoms with Crippen molar-refractivity contribution < 1.29 is 13.3 Å². The van der Waals surface area contributed by atoms with Crippen molar-refractivity contribution >= 4 is 49.7 Å². The van der Waals surface area contributed by atoms with Gasteiger partial charge in [0.05, 0.1) is 27.6 Å². The molecule has 1 aliphatic heterocycles. The lowest BCUT2D eigenvalue weighted by Gasteiger charge is -2.47. The van der Waals surface area contributed by atoms with Crippen molar-refractivity contribution in [3.63, 3.8) is 0 Å². The molecule has 1 saturated heterocycles. The number of H-pyrrole nitrogens is 1. The summed E-state index contributed by atoms with van der Waals surface area (Å²) in [5.41, 5.74) is 8.09. The molecule has 3 aromatic heterocycles. The zero-order valence-corrected chi connectivity index (χ0v) is 23.2. The smallest absolute Gasteiger partial charge is 0.166 e. The number of rotatable bonds is 7. The van der Waals surface area contributed by atoms with E-state index in [1.54, 1.807) is 29.7 Å². The Bertz CT molecular complexity index is 1620. The zero-order valence-electron chi connectivity index (χ0n) is 20.9. The summed E-state index contributed by atoms with van der Waals surface area (Å²) in [5, 5.41) is 8.91. The third kappa shape index (κ3) is 5.42. The molecule has 0 aliphatic carbocycles. The van der Waals surface area contributed by atoms with E-state index in [4.69, 9.17) is 33.7 Å². The average Bonchev–Trinajstić information content (AvgIpc) is 3.24. The number of pyridine rings is 2. The lowest BCUT2D eigenvalue weighted by atomic mass is 9.91. The Morgan fingerprint density at radius 1 is 1.24 bits per heavy atom. The van der Waals surface area contributed by atoms with Gasteiger partial charge in [-0.2, -0.15) is 5.10 Å². The standard InChI is InChI=1S/C25H26Cl2FN7O2S/c1-14(22-18(26)9-30-10-19(22)27)37-16-4-5-21-17(7-16)23(34-33-21)15-6-20(28)24(31-8-15)35-12-25(29,13-35)11-32-38(2,3)36/h4-10,14H,11-13,29H2,1-3H3,(H,33,34)/t14-/m1/s1. The number of nitrogens with one attached hydrogen (secondary N) is 1. The Labute approximate surface area is 229 Å². The third-order valence-electron chi connectivity index (χ3n) is 6.24. The zero-order chi connectivity index (χ0) is 27.2. The van der Waals surface area contributed by atoms with Gasteiger partial charge in [-0.1, -0.05) is 23.2 Å². The van der Waals surface area contributed by atoms with Crippen LogP contribution in [0.2, 0.25) is 10.0 Å². The Morgan fingerprint density at radius 2 is 1.95 bits per heavy atom. The molecule has 0 saturated carbocycles. The molecule has 0 radical (unpaired) electrons. The minimum Gasteiger partial charge on any atom is -0.486 e. The highest BCUT2D eigenvalue weighted by Gasteiger charge is 2.41. The number of nitrogens with two attached hydrogens (primary N) is 1. The van der Waals surface area contributed by atoms with E-state index >= 15 is 4.39 Å². The molecule has 1 atom stereocenters. The number of hydrogen-bond acceptors (Lipinski definition) is 8. The van der Waals surface area contributed by atoms with Gasteiger partial charge in [-0.25, -0.2) is 13.7 Å². The summed E-state index contributed by atoms with van der Waals surface area (Å²) in [5.74, 6) is 0.276. The second-order valence-corrected chi connectivity index (χ2v) is 13.2. The maximum absolute atomic E-state index is 15.1. The molecule has 200 valence electrons. The van der Waals surface area contributed by atoms with Crippen molar-refractivity contribution in [3.05, 3.63) is 64.3 Å². The first kappa shape index (κ1) is 26.6. The highest BCUT2D eigenvalue weighted by atomic mass is 35.5.